The van der Waals surface area contributed by atoms with Crippen LogP contribution < -0.4 is 0 Å². The number of benzene rings is 1. The normalized spacial score (nSPS) is 42.9. The SMILES string of the molecule is C=C(C)[C@@H]1CC[C@]2(C(=O)N3CCCC3C(=O)O)CC[C@]3(C)[C@H](CC[C@@H]4[C@@]5(C)CC=C(c6ccc(C(=O)O)cc6)C(C)(C)[C@@H]5CC[C@]43C)[C@@H]12. The Morgan fingerprint density at radius 1 is 0.833 bits per heavy atom. The predicted molar refractivity (Wildman–Crippen MR) is 188 cm³/mol. The number of carbonyl (C=O) groups is 3. The standard InChI is InChI=1S/C42H57NO5/c1-25(2)28-16-21-42(37(48)43-24-8-9-31(43)36(46)47)23-22-40(6)30(34(28)42)14-15-33-39(5)19-17-29(26-10-12-27(13-11-26)35(44)45)38(3,4)32(39)18-20-41(33,40)7/h10-13,17,28,30-34H,1,8-9,14-16,18-24H2,2-7H3,(H,44,45)(H,46,47)/t28-,30+,31?,32-,33+,34+,39-,40+,41+,42-/m0/s1. The first-order chi connectivity index (χ1) is 22.5. The molecule has 7 rings (SSSR count). The summed E-state index contributed by atoms with van der Waals surface area (Å²) < 4.78 is 0. The molecule has 1 heterocycles. The van der Waals surface area contributed by atoms with Gasteiger partial charge in [0.15, 0.2) is 0 Å². The minimum Gasteiger partial charge on any atom is -0.480 e. The van der Waals surface area contributed by atoms with Gasteiger partial charge >= 0.3 is 11.9 Å². The lowest BCUT2D eigenvalue weighted by Gasteiger charge is -2.72. The fourth-order valence-electron chi connectivity index (χ4n) is 14.0. The van der Waals surface area contributed by atoms with Crippen LogP contribution in [0.2, 0.25) is 0 Å². The van der Waals surface area contributed by atoms with Gasteiger partial charge in [0.1, 0.15) is 6.04 Å². The molecular formula is C42H57NO5. The molecule has 0 spiro atoms. The summed E-state index contributed by atoms with van der Waals surface area (Å²) in [5, 5.41) is 19.5. The van der Waals surface area contributed by atoms with Gasteiger partial charge in [-0.05, 0) is 152 Å². The maximum absolute atomic E-state index is 14.7. The van der Waals surface area contributed by atoms with Crippen molar-refractivity contribution in [2.75, 3.05) is 6.54 Å². The zero-order chi connectivity index (χ0) is 34.6. The minimum absolute atomic E-state index is 0.0438. The second kappa shape index (κ2) is 11.1. The Labute approximate surface area is 287 Å². The maximum atomic E-state index is 14.7. The molecule has 6 aliphatic rings. The number of likely N-dealkylation sites (tertiary alicyclic amines) is 1. The van der Waals surface area contributed by atoms with Gasteiger partial charge in [-0.25, -0.2) is 9.59 Å². The van der Waals surface area contributed by atoms with Gasteiger partial charge in [0, 0.05) is 6.54 Å². The first-order valence-corrected chi connectivity index (χ1v) is 18.8. The third-order valence-corrected chi connectivity index (χ3v) is 16.3. The number of fused-ring (bicyclic) bond motifs is 7. The summed E-state index contributed by atoms with van der Waals surface area (Å²) in [4.78, 5) is 40.3. The summed E-state index contributed by atoms with van der Waals surface area (Å²) in [7, 11) is 0. The van der Waals surface area contributed by atoms with Gasteiger partial charge in [0.25, 0.3) is 0 Å². The van der Waals surface area contributed by atoms with Crippen molar-refractivity contribution in [3.63, 3.8) is 0 Å². The molecule has 1 saturated heterocycles. The average Bonchev–Trinajstić information content (AvgIpc) is 3.68. The molecule has 260 valence electrons. The molecule has 4 saturated carbocycles. The van der Waals surface area contributed by atoms with Crippen molar-refractivity contribution in [2.24, 2.45) is 56.7 Å². The Hall–Kier alpha value is -2.89. The lowest BCUT2D eigenvalue weighted by Crippen LogP contribution is -2.66. The summed E-state index contributed by atoms with van der Waals surface area (Å²) in [5.74, 6) is 0.427. The molecule has 2 N–H and O–H groups in total. The van der Waals surface area contributed by atoms with E-state index in [1.165, 1.54) is 24.0 Å². The van der Waals surface area contributed by atoms with Crippen LogP contribution in [0.4, 0.5) is 0 Å². The smallest absolute Gasteiger partial charge is 0.335 e. The fourth-order valence-corrected chi connectivity index (χ4v) is 14.0. The van der Waals surface area contributed by atoms with Crippen LogP contribution in [-0.4, -0.2) is 45.5 Å². The van der Waals surface area contributed by atoms with Gasteiger partial charge in [-0.1, -0.05) is 65.0 Å². The second-order valence-electron chi connectivity index (χ2n) is 18.3. The van der Waals surface area contributed by atoms with Crippen LogP contribution in [-0.2, 0) is 9.59 Å². The Balaban J connectivity index is 1.23. The van der Waals surface area contributed by atoms with Crippen molar-refractivity contribution < 1.29 is 24.6 Å². The fraction of sp³-hybridized carbons (Fsp3) is 0.690. The van der Waals surface area contributed by atoms with Crippen molar-refractivity contribution in [3.05, 3.63) is 53.6 Å². The zero-order valence-electron chi connectivity index (χ0n) is 30.1. The van der Waals surface area contributed by atoms with Gasteiger partial charge in [-0.3, -0.25) is 4.79 Å². The van der Waals surface area contributed by atoms with Crippen LogP contribution in [0.25, 0.3) is 5.57 Å². The summed E-state index contributed by atoms with van der Waals surface area (Å²) in [6, 6.07) is 6.78. The molecule has 0 radical (unpaired) electrons. The number of aliphatic carboxylic acids is 1. The molecule has 5 aliphatic carbocycles. The molecule has 1 unspecified atom stereocenters. The summed E-state index contributed by atoms with van der Waals surface area (Å²) in [5.41, 5.74) is 3.87. The number of nitrogens with zero attached hydrogens (tertiary/aromatic N) is 1. The van der Waals surface area contributed by atoms with Crippen molar-refractivity contribution in [1.82, 2.24) is 4.90 Å². The van der Waals surface area contributed by atoms with E-state index in [-0.39, 0.29) is 33.5 Å². The second-order valence-corrected chi connectivity index (χ2v) is 18.3. The molecule has 6 nitrogen and oxygen atoms in total. The van der Waals surface area contributed by atoms with Crippen molar-refractivity contribution in [1.29, 1.82) is 0 Å². The average molecular weight is 656 g/mol. The third kappa shape index (κ3) is 4.38. The molecule has 6 heteroatoms. The number of hydrogen-bond donors (Lipinski definition) is 2. The zero-order valence-corrected chi connectivity index (χ0v) is 30.1. The Bertz CT molecular complexity index is 1570. The number of carbonyl (C=O) groups excluding carboxylic acids is 1. The van der Waals surface area contributed by atoms with Gasteiger partial charge in [0.05, 0.1) is 11.0 Å². The topological polar surface area (TPSA) is 94.9 Å². The molecule has 10 atom stereocenters. The van der Waals surface area contributed by atoms with Crippen molar-refractivity contribution in [2.45, 2.75) is 118 Å². The van der Waals surface area contributed by atoms with E-state index in [1.807, 2.05) is 12.1 Å². The van der Waals surface area contributed by atoms with E-state index in [4.69, 9.17) is 0 Å². The number of aromatic carboxylic acids is 1. The highest BCUT2D eigenvalue weighted by molar-refractivity contribution is 5.89. The number of amides is 1. The van der Waals surface area contributed by atoms with Crippen LogP contribution in [0.3, 0.4) is 0 Å². The highest BCUT2D eigenvalue weighted by Gasteiger charge is 2.72. The number of allylic oxidation sites excluding steroid dienone is 3. The molecule has 1 aromatic rings. The molecule has 48 heavy (non-hydrogen) atoms. The molecule has 0 aromatic heterocycles. The van der Waals surface area contributed by atoms with Gasteiger partial charge < -0.3 is 15.1 Å². The summed E-state index contributed by atoms with van der Waals surface area (Å²) >= 11 is 0. The first-order valence-electron chi connectivity index (χ1n) is 18.8. The molecule has 1 aliphatic heterocycles. The number of rotatable bonds is 5. The van der Waals surface area contributed by atoms with E-state index in [1.54, 1.807) is 17.0 Å². The van der Waals surface area contributed by atoms with E-state index in [0.29, 0.717) is 42.2 Å². The van der Waals surface area contributed by atoms with Crippen LogP contribution in [0.5, 0.6) is 0 Å². The van der Waals surface area contributed by atoms with Crippen LogP contribution in [0.15, 0.2) is 42.5 Å². The van der Waals surface area contributed by atoms with Gasteiger partial charge in [0.2, 0.25) is 5.91 Å². The van der Waals surface area contributed by atoms with Gasteiger partial charge in [-0.2, -0.15) is 0 Å². The van der Waals surface area contributed by atoms with Crippen LogP contribution in [0.1, 0.15) is 128 Å². The predicted octanol–water partition coefficient (Wildman–Crippen LogP) is 9.11. The van der Waals surface area contributed by atoms with Crippen molar-refractivity contribution in [3.8, 4) is 0 Å². The van der Waals surface area contributed by atoms with E-state index in [2.05, 4.69) is 54.2 Å². The lowest BCUT2D eigenvalue weighted by molar-refractivity contribution is -0.226. The van der Waals surface area contributed by atoms with E-state index < -0.39 is 23.4 Å². The van der Waals surface area contributed by atoms with Crippen molar-refractivity contribution >= 4 is 23.4 Å². The molecular weight excluding hydrogens is 598 g/mol. The minimum atomic E-state index is -0.890. The lowest BCUT2D eigenvalue weighted by atomic mass is 9.32. The van der Waals surface area contributed by atoms with Gasteiger partial charge in [-0.15, -0.1) is 0 Å². The summed E-state index contributed by atoms with van der Waals surface area (Å²) in [6.07, 6.45) is 13.2. The molecule has 5 fully saturated rings. The molecule has 1 amide bonds. The monoisotopic (exact) mass is 655 g/mol. The Morgan fingerprint density at radius 2 is 1.54 bits per heavy atom. The first kappa shape index (κ1) is 33.6. The Morgan fingerprint density at radius 3 is 2.19 bits per heavy atom. The largest absolute Gasteiger partial charge is 0.480 e. The maximum Gasteiger partial charge on any atom is 0.335 e. The number of hydrogen-bond acceptors (Lipinski definition) is 3. The number of carboxylic acids is 2. The highest BCUT2D eigenvalue weighted by Crippen LogP contribution is 2.78. The van der Waals surface area contributed by atoms with Crippen LogP contribution >= 0.6 is 0 Å². The molecule has 0 bridgehead atoms. The Kier molecular flexibility index (Phi) is 7.74. The van der Waals surface area contributed by atoms with E-state index in [9.17, 15) is 24.6 Å². The van der Waals surface area contributed by atoms with E-state index >= 15 is 0 Å². The number of carboxylic acid groups (broad SMARTS) is 2. The third-order valence-electron chi connectivity index (χ3n) is 16.3. The summed E-state index contributed by atoms with van der Waals surface area (Å²) in [6.45, 7) is 19.8. The van der Waals surface area contributed by atoms with E-state index in [0.717, 1.165) is 56.9 Å². The molecule has 1 aromatic carbocycles. The highest BCUT2D eigenvalue weighted by atomic mass is 16.4. The van der Waals surface area contributed by atoms with Crippen LogP contribution in [0, 0.1) is 56.7 Å². The quantitative estimate of drug-likeness (QED) is 0.309.